The van der Waals surface area contributed by atoms with Crippen LogP contribution in [-0.4, -0.2) is 28.1 Å². The molecule has 118 valence electrons. The normalized spacial score (nSPS) is 10.2. The zero-order valence-electron chi connectivity index (χ0n) is 12.6. The van der Waals surface area contributed by atoms with Crippen LogP contribution in [0.2, 0.25) is 0 Å². The van der Waals surface area contributed by atoms with Crippen LogP contribution >= 0.6 is 15.9 Å². The van der Waals surface area contributed by atoms with Gasteiger partial charge in [0.05, 0.1) is 18.4 Å². The summed E-state index contributed by atoms with van der Waals surface area (Å²) in [5, 5.41) is 17.3. The van der Waals surface area contributed by atoms with Gasteiger partial charge in [-0.05, 0) is 36.4 Å². The molecule has 0 aliphatic carbocycles. The lowest BCUT2D eigenvalue weighted by molar-refractivity contribution is 0.0601. The molecule has 0 atom stereocenters. The van der Waals surface area contributed by atoms with E-state index in [0.29, 0.717) is 16.9 Å². The Morgan fingerprint density at radius 2 is 1.83 bits per heavy atom. The first-order valence-corrected chi connectivity index (χ1v) is 7.74. The molecule has 1 aromatic heterocycles. The number of hydrogen-bond acceptors (Lipinski definition) is 5. The third-order valence-corrected chi connectivity index (χ3v) is 3.96. The number of carbonyl (C=O) groups is 1. The Hall–Kier alpha value is -2.98. The van der Waals surface area contributed by atoms with Crippen molar-refractivity contribution in [2.24, 2.45) is 0 Å². The van der Waals surface area contributed by atoms with Crippen molar-refractivity contribution in [3.05, 3.63) is 64.3 Å². The minimum Gasteiger partial charge on any atom is -0.465 e. The molecule has 24 heavy (non-hydrogen) atoms. The van der Waals surface area contributed by atoms with E-state index >= 15 is 0 Å². The average molecular weight is 383 g/mol. The van der Waals surface area contributed by atoms with E-state index in [4.69, 9.17) is 0 Å². The van der Waals surface area contributed by atoms with Gasteiger partial charge in [-0.3, -0.25) is 0 Å². The first-order valence-electron chi connectivity index (χ1n) is 6.94. The van der Waals surface area contributed by atoms with Gasteiger partial charge < -0.3 is 4.74 Å². The van der Waals surface area contributed by atoms with Crippen molar-refractivity contribution in [2.45, 2.75) is 0 Å². The van der Waals surface area contributed by atoms with Crippen molar-refractivity contribution in [3.8, 4) is 23.0 Å². The van der Waals surface area contributed by atoms with Crippen LogP contribution in [-0.2, 0) is 4.74 Å². The Bertz CT molecular complexity index is 925. The van der Waals surface area contributed by atoms with E-state index in [1.807, 2.05) is 24.3 Å². The van der Waals surface area contributed by atoms with Gasteiger partial charge in [0.2, 0.25) is 0 Å². The maximum Gasteiger partial charge on any atom is 0.337 e. The van der Waals surface area contributed by atoms with E-state index in [9.17, 15) is 10.1 Å². The minimum atomic E-state index is -0.411. The number of nitriles is 1. The summed E-state index contributed by atoms with van der Waals surface area (Å²) < 4.78 is 7.19. The van der Waals surface area contributed by atoms with Gasteiger partial charge in [-0.1, -0.05) is 33.3 Å². The number of aromatic nitrogens is 3. The Kier molecular flexibility index (Phi) is 4.40. The number of ether oxygens (including phenoxy) is 1. The highest BCUT2D eigenvalue weighted by molar-refractivity contribution is 9.10. The van der Waals surface area contributed by atoms with Gasteiger partial charge in [-0.25, -0.2) is 9.48 Å². The van der Waals surface area contributed by atoms with E-state index in [1.54, 1.807) is 28.9 Å². The second-order valence-corrected chi connectivity index (χ2v) is 5.77. The van der Waals surface area contributed by atoms with Crippen molar-refractivity contribution in [1.82, 2.24) is 15.0 Å². The number of esters is 1. The molecule has 0 aliphatic rings. The van der Waals surface area contributed by atoms with Crippen LogP contribution < -0.4 is 0 Å². The van der Waals surface area contributed by atoms with Crippen LogP contribution in [0.4, 0.5) is 0 Å². The topological polar surface area (TPSA) is 80.8 Å². The fourth-order valence-electron chi connectivity index (χ4n) is 2.26. The van der Waals surface area contributed by atoms with Crippen LogP contribution in [0.1, 0.15) is 16.1 Å². The van der Waals surface area contributed by atoms with Crippen LogP contribution in [0.15, 0.2) is 53.0 Å². The molecule has 1 heterocycles. The van der Waals surface area contributed by atoms with Crippen LogP contribution in [0, 0.1) is 11.3 Å². The lowest BCUT2D eigenvalue weighted by Gasteiger charge is -2.08. The lowest BCUT2D eigenvalue weighted by atomic mass is 10.1. The summed E-state index contributed by atoms with van der Waals surface area (Å²) in [7, 11) is 1.33. The fourth-order valence-corrected chi connectivity index (χ4v) is 2.53. The van der Waals surface area contributed by atoms with Gasteiger partial charge in [0, 0.05) is 10.0 Å². The highest BCUT2D eigenvalue weighted by Crippen LogP contribution is 2.26. The summed E-state index contributed by atoms with van der Waals surface area (Å²) >= 11 is 3.39. The molecule has 0 fully saturated rings. The number of nitrogens with zero attached hydrogens (tertiary/aromatic N) is 4. The molecule has 0 radical (unpaired) electrons. The van der Waals surface area contributed by atoms with Crippen LogP contribution in [0.5, 0.6) is 0 Å². The molecule has 0 unspecified atom stereocenters. The third kappa shape index (κ3) is 2.92. The molecule has 0 aliphatic heterocycles. The van der Waals surface area contributed by atoms with Gasteiger partial charge in [0.25, 0.3) is 0 Å². The maximum atomic E-state index is 11.5. The Morgan fingerprint density at radius 1 is 1.17 bits per heavy atom. The number of carbonyl (C=O) groups excluding carboxylic acids is 1. The summed E-state index contributed by atoms with van der Waals surface area (Å²) in [6.07, 6.45) is 0. The molecule has 0 bridgehead atoms. The quantitative estimate of drug-likeness (QED) is 0.648. The highest BCUT2D eigenvalue weighted by atomic mass is 79.9. The van der Waals surface area contributed by atoms with Crippen LogP contribution in [0.3, 0.4) is 0 Å². The Labute approximate surface area is 146 Å². The largest absolute Gasteiger partial charge is 0.465 e. The molecule has 3 aromatic rings. The molecule has 0 N–H and O–H groups in total. The zero-order valence-corrected chi connectivity index (χ0v) is 14.2. The SMILES string of the molecule is COC(=O)c1ccc(-n2nnc(C#N)c2-c2ccc(Br)cc2)cc1. The Balaban J connectivity index is 2.09. The zero-order chi connectivity index (χ0) is 17.1. The molecular formula is C17H11BrN4O2. The van der Waals surface area contributed by atoms with E-state index in [1.165, 1.54) is 7.11 Å². The number of hydrogen-bond donors (Lipinski definition) is 0. The average Bonchev–Trinajstić information content (AvgIpc) is 3.06. The summed E-state index contributed by atoms with van der Waals surface area (Å²) in [6.45, 7) is 0. The number of benzene rings is 2. The van der Waals surface area contributed by atoms with E-state index in [0.717, 1.165) is 10.0 Å². The number of halogens is 1. The second kappa shape index (κ2) is 6.64. The second-order valence-electron chi connectivity index (χ2n) is 4.86. The van der Waals surface area contributed by atoms with Gasteiger partial charge in [0.1, 0.15) is 11.8 Å². The van der Waals surface area contributed by atoms with Crippen molar-refractivity contribution in [2.75, 3.05) is 7.11 Å². The standard InChI is InChI=1S/C17H11BrN4O2/c1-24-17(23)12-4-8-14(9-5-12)22-16(15(10-19)20-21-22)11-2-6-13(18)7-3-11/h2-9H,1H3. The number of methoxy groups -OCH3 is 1. The van der Waals surface area contributed by atoms with Gasteiger partial charge in [-0.2, -0.15) is 5.26 Å². The molecule has 0 amide bonds. The number of rotatable bonds is 3. The lowest BCUT2D eigenvalue weighted by Crippen LogP contribution is -2.03. The van der Waals surface area contributed by atoms with Crippen molar-refractivity contribution in [1.29, 1.82) is 5.26 Å². The summed E-state index contributed by atoms with van der Waals surface area (Å²) in [4.78, 5) is 11.5. The monoisotopic (exact) mass is 382 g/mol. The molecule has 6 nitrogen and oxygen atoms in total. The van der Waals surface area contributed by atoms with Crippen molar-refractivity contribution in [3.63, 3.8) is 0 Å². The van der Waals surface area contributed by atoms with Crippen molar-refractivity contribution >= 4 is 21.9 Å². The summed E-state index contributed by atoms with van der Waals surface area (Å²) in [6, 6.07) is 16.3. The maximum absolute atomic E-state index is 11.5. The molecule has 3 rings (SSSR count). The Morgan fingerprint density at radius 3 is 2.42 bits per heavy atom. The third-order valence-electron chi connectivity index (χ3n) is 3.43. The predicted molar refractivity (Wildman–Crippen MR) is 90.5 cm³/mol. The smallest absolute Gasteiger partial charge is 0.337 e. The first-order chi connectivity index (χ1) is 11.6. The van der Waals surface area contributed by atoms with Gasteiger partial charge in [0.15, 0.2) is 5.69 Å². The molecule has 0 spiro atoms. The fraction of sp³-hybridized carbons (Fsp3) is 0.0588. The van der Waals surface area contributed by atoms with Crippen LogP contribution in [0.25, 0.3) is 16.9 Å². The molecular weight excluding hydrogens is 372 g/mol. The van der Waals surface area contributed by atoms with Crippen molar-refractivity contribution < 1.29 is 9.53 Å². The predicted octanol–water partition coefficient (Wildman–Crippen LogP) is 3.36. The molecule has 7 heteroatoms. The van der Waals surface area contributed by atoms with E-state index < -0.39 is 5.97 Å². The molecule has 2 aromatic carbocycles. The first kappa shape index (κ1) is 15.9. The van der Waals surface area contributed by atoms with E-state index in [2.05, 4.69) is 37.0 Å². The van der Waals surface area contributed by atoms with Gasteiger partial charge in [-0.15, -0.1) is 5.10 Å². The molecule has 0 saturated carbocycles. The highest BCUT2D eigenvalue weighted by Gasteiger charge is 2.16. The molecule has 0 saturated heterocycles. The van der Waals surface area contributed by atoms with E-state index in [-0.39, 0.29) is 5.69 Å². The summed E-state index contributed by atoms with van der Waals surface area (Å²) in [5.74, 6) is -0.411. The minimum absolute atomic E-state index is 0.231. The van der Waals surface area contributed by atoms with Gasteiger partial charge >= 0.3 is 5.97 Å². The summed E-state index contributed by atoms with van der Waals surface area (Å²) in [5.41, 5.74) is 2.77.